The quantitative estimate of drug-likeness (QED) is 0.841. The summed E-state index contributed by atoms with van der Waals surface area (Å²) in [4.78, 5) is 26.6. The van der Waals surface area contributed by atoms with E-state index in [2.05, 4.69) is 5.32 Å². The van der Waals surface area contributed by atoms with Gasteiger partial charge in [0, 0.05) is 13.0 Å². The van der Waals surface area contributed by atoms with Crippen LogP contribution in [0, 0.1) is 0 Å². The molecule has 0 aromatic heterocycles. The second-order valence-corrected chi connectivity index (χ2v) is 6.73. The zero-order valence-corrected chi connectivity index (χ0v) is 15.7. The molecule has 5 nitrogen and oxygen atoms in total. The van der Waals surface area contributed by atoms with E-state index in [1.54, 1.807) is 18.2 Å². The van der Waals surface area contributed by atoms with Crippen LogP contribution in [0.25, 0.3) is 0 Å². The SMILES string of the molecule is CCN(CC(=O)Nc1c(Cl)cccc1Cl)C(=O)C1Cc2ccccc2O1. The molecule has 2 aromatic rings. The summed E-state index contributed by atoms with van der Waals surface area (Å²) in [6.07, 6.45) is -0.104. The fraction of sp³-hybridized carbons (Fsp3) is 0.263. The lowest BCUT2D eigenvalue weighted by atomic mass is 10.1. The van der Waals surface area contributed by atoms with Crippen LogP contribution < -0.4 is 10.1 Å². The van der Waals surface area contributed by atoms with Gasteiger partial charge < -0.3 is 15.0 Å². The Balaban J connectivity index is 1.64. The zero-order valence-electron chi connectivity index (χ0n) is 14.2. The van der Waals surface area contributed by atoms with E-state index in [0.717, 1.165) is 5.56 Å². The smallest absolute Gasteiger partial charge is 0.264 e. The lowest BCUT2D eigenvalue weighted by Gasteiger charge is -2.23. The van der Waals surface area contributed by atoms with Crippen LogP contribution in [0.2, 0.25) is 10.0 Å². The Morgan fingerprint density at radius 2 is 1.85 bits per heavy atom. The lowest BCUT2D eigenvalue weighted by molar-refractivity contribution is -0.140. The van der Waals surface area contributed by atoms with Gasteiger partial charge in [0.1, 0.15) is 5.75 Å². The molecule has 7 heteroatoms. The van der Waals surface area contributed by atoms with Crippen molar-refractivity contribution < 1.29 is 14.3 Å². The van der Waals surface area contributed by atoms with Gasteiger partial charge in [-0.25, -0.2) is 0 Å². The minimum Gasteiger partial charge on any atom is -0.480 e. The molecule has 0 aliphatic carbocycles. The van der Waals surface area contributed by atoms with E-state index in [9.17, 15) is 9.59 Å². The number of carbonyl (C=O) groups is 2. The Morgan fingerprint density at radius 3 is 2.50 bits per heavy atom. The lowest BCUT2D eigenvalue weighted by Crippen LogP contribution is -2.45. The number of nitrogens with zero attached hydrogens (tertiary/aromatic N) is 1. The van der Waals surface area contributed by atoms with E-state index < -0.39 is 6.10 Å². The Morgan fingerprint density at radius 1 is 1.15 bits per heavy atom. The number of ether oxygens (including phenoxy) is 1. The Hall–Kier alpha value is -2.24. The van der Waals surface area contributed by atoms with Crippen molar-refractivity contribution in [2.24, 2.45) is 0 Å². The number of rotatable bonds is 5. The Kier molecular flexibility index (Phi) is 5.69. The van der Waals surface area contributed by atoms with Crippen LogP contribution in [-0.4, -0.2) is 35.9 Å². The highest BCUT2D eigenvalue weighted by Crippen LogP contribution is 2.30. The summed E-state index contributed by atoms with van der Waals surface area (Å²) >= 11 is 12.1. The van der Waals surface area contributed by atoms with Crippen molar-refractivity contribution in [2.45, 2.75) is 19.4 Å². The highest BCUT2D eigenvalue weighted by atomic mass is 35.5. The number of halogens is 2. The average Bonchev–Trinajstić information content (AvgIpc) is 3.06. The molecule has 0 saturated carbocycles. The molecule has 3 rings (SSSR count). The summed E-state index contributed by atoms with van der Waals surface area (Å²) in [5, 5.41) is 3.35. The molecule has 2 aromatic carbocycles. The van der Waals surface area contributed by atoms with Crippen LogP contribution in [-0.2, 0) is 16.0 Å². The molecule has 26 heavy (non-hydrogen) atoms. The molecule has 1 aliphatic rings. The van der Waals surface area contributed by atoms with E-state index >= 15 is 0 Å². The highest BCUT2D eigenvalue weighted by Gasteiger charge is 2.32. The second-order valence-electron chi connectivity index (χ2n) is 5.92. The first-order chi connectivity index (χ1) is 12.5. The summed E-state index contributed by atoms with van der Waals surface area (Å²) in [6, 6.07) is 12.5. The van der Waals surface area contributed by atoms with Crippen LogP contribution in [0.5, 0.6) is 5.75 Å². The fourth-order valence-corrected chi connectivity index (χ4v) is 3.33. The van der Waals surface area contributed by atoms with Crippen LogP contribution in [0.4, 0.5) is 5.69 Å². The molecule has 0 spiro atoms. The van der Waals surface area contributed by atoms with Gasteiger partial charge in [0.2, 0.25) is 5.91 Å². The molecule has 1 atom stereocenters. The molecule has 0 fully saturated rings. The van der Waals surface area contributed by atoms with Crippen molar-refractivity contribution in [3.8, 4) is 5.75 Å². The number of hydrogen-bond acceptors (Lipinski definition) is 3. The molecule has 1 aliphatic heterocycles. The third kappa shape index (κ3) is 3.94. The molecule has 0 saturated heterocycles. The van der Waals surface area contributed by atoms with E-state index in [0.29, 0.717) is 34.4 Å². The second kappa shape index (κ2) is 7.98. The molecule has 0 radical (unpaired) electrons. The van der Waals surface area contributed by atoms with Crippen molar-refractivity contribution in [1.82, 2.24) is 4.90 Å². The van der Waals surface area contributed by atoms with E-state index in [1.165, 1.54) is 4.90 Å². The predicted octanol–water partition coefficient (Wildman–Crippen LogP) is 3.78. The van der Waals surface area contributed by atoms with Crippen molar-refractivity contribution in [3.05, 3.63) is 58.1 Å². The largest absolute Gasteiger partial charge is 0.480 e. The Bertz CT molecular complexity index is 796. The summed E-state index contributed by atoms with van der Waals surface area (Å²) in [5.41, 5.74) is 1.34. The number of carbonyl (C=O) groups excluding carboxylic acids is 2. The van der Waals surface area contributed by atoms with Crippen molar-refractivity contribution >= 4 is 40.7 Å². The maximum Gasteiger partial charge on any atom is 0.264 e. The highest BCUT2D eigenvalue weighted by molar-refractivity contribution is 6.39. The summed E-state index contributed by atoms with van der Waals surface area (Å²) in [7, 11) is 0. The van der Waals surface area contributed by atoms with Crippen molar-refractivity contribution in [2.75, 3.05) is 18.4 Å². The number of amides is 2. The zero-order chi connectivity index (χ0) is 18.7. The van der Waals surface area contributed by atoms with E-state index in [-0.39, 0.29) is 18.4 Å². The van der Waals surface area contributed by atoms with Crippen molar-refractivity contribution in [1.29, 1.82) is 0 Å². The van der Waals surface area contributed by atoms with Crippen molar-refractivity contribution in [3.63, 3.8) is 0 Å². The average molecular weight is 393 g/mol. The number of fused-ring (bicyclic) bond motifs is 1. The first kappa shape index (κ1) is 18.5. The Labute approximate surface area is 161 Å². The van der Waals surface area contributed by atoms with Gasteiger partial charge in [0.05, 0.1) is 22.3 Å². The first-order valence-corrected chi connectivity index (χ1v) is 9.02. The van der Waals surface area contributed by atoms with Gasteiger partial charge in [-0.2, -0.15) is 0 Å². The van der Waals surface area contributed by atoms with Gasteiger partial charge in [0.15, 0.2) is 6.10 Å². The topological polar surface area (TPSA) is 58.6 Å². The number of anilines is 1. The van der Waals surface area contributed by atoms with Crippen LogP contribution >= 0.6 is 23.2 Å². The number of nitrogens with one attached hydrogen (secondary N) is 1. The molecule has 136 valence electrons. The van der Waals surface area contributed by atoms with Crippen LogP contribution in [0.1, 0.15) is 12.5 Å². The third-order valence-electron chi connectivity index (χ3n) is 4.18. The number of likely N-dealkylation sites (N-methyl/N-ethyl adjacent to an activating group) is 1. The molecule has 1 unspecified atom stereocenters. The van der Waals surface area contributed by atoms with Crippen LogP contribution in [0.15, 0.2) is 42.5 Å². The number of benzene rings is 2. The molecular weight excluding hydrogens is 375 g/mol. The van der Waals surface area contributed by atoms with Gasteiger partial charge in [-0.3, -0.25) is 9.59 Å². The van der Waals surface area contributed by atoms with Gasteiger partial charge in [-0.05, 0) is 30.7 Å². The summed E-state index contributed by atoms with van der Waals surface area (Å²) in [5.74, 6) is 0.129. The maximum atomic E-state index is 12.7. The van der Waals surface area contributed by atoms with Crippen LogP contribution in [0.3, 0.4) is 0 Å². The maximum absolute atomic E-state index is 12.7. The normalized spacial score (nSPS) is 15.1. The third-order valence-corrected chi connectivity index (χ3v) is 4.81. The number of para-hydroxylation sites is 2. The summed E-state index contributed by atoms with van der Waals surface area (Å²) < 4.78 is 5.72. The molecule has 2 amide bonds. The van der Waals surface area contributed by atoms with E-state index in [1.807, 2.05) is 31.2 Å². The van der Waals surface area contributed by atoms with Gasteiger partial charge >= 0.3 is 0 Å². The minimum atomic E-state index is -0.607. The first-order valence-electron chi connectivity index (χ1n) is 8.26. The molecule has 1 heterocycles. The fourth-order valence-electron chi connectivity index (χ4n) is 2.84. The van der Waals surface area contributed by atoms with Gasteiger partial charge in [0.25, 0.3) is 5.91 Å². The monoisotopic (exact) mass is 392 g/mol. The van der Waals surface area contributed by atoms with E-state index in [4.69, 9.17) is 27.9 Å². The van der Waals surface area contributed by atoms with Gasteiger partial charge in [-0.1, -0.05) is 47.5 Å². The predicted molar refractivity (Wildman–Crippen MR) is 102 cm³/mol. The minimum absolute atomic E-state index is 0.104. The number of hydrogen-bond donors (Lipinski definition) is 1. The van der Waals surface area contributed by atoms with Gasteiger partial charge in [-0.15, -0.1) is 0 Å². The molecule has 1 N–H and O–H groups in total. The molecular formula is C19H18Cl2N2O3. The molecule has 0 bridgehead atoms. The standard InChI is InChI=1S/C19H18Cl2N2O3/c1-2-23(11-17(24)22-18-13(20)7-5-8-14(18)21)19(25)16-10-12-6-3-4-9-15(12)26-16/h3-9,16H,2,10-11H2,1H3,(H,22,24). The summed E-state index contributed by atoms with van der Waals surface area (Å²) in [6.45, 7) is 2.10.